The molecule has 0 aliphatic carbocycles. The third-order valence-corrected chi connectivity index (χ3v) is 2.95. The zero-order chi connectivity index (χ0) is 14.5. The molecule has 1 aromatic carbocycles. The fourth-order valence-corrected chi connectivity index (χ4v) is 2.03. The molecule has 19 heavy (non-hydrogen) atoms. The molecular weight excluding hydrogens is 240 g/mol. The van der Waals surface area contributed by atoms with Crippen molar-refractivity contribution in [2.45, 2.75) is 52.2 Å². The lowest BCUT2D eigenvalue weighted by Crippen LogP contribution is -2.45. The number of anilines is 1. The van der Waals surface area contributed by atoms with E-state index in [9.17, 15) is 9.90 Å². The minimum Gasteiger partial charge on any atom is -0.389 e. The first-order chi connectivity index (χ1) is 8.84. The van der Waals surface area contributed by atoms with Gasteiger partial charge >= 0.3 is 6.03 Å². The molecule has 0 saturated carbocycles. The molecule has 0 radical (unpaired) electrons. The first-order valence-electron chi connectivity index (χ1n) is 6.71. The molecule has 4 heteroatoms. The van der Waals surface area contributed by atoms with Gasteiger partial charge in [0.25, 0.3) is 0 Å². The highest BCUT2D eigenvalue weighted by atomic mass is 16.3. The summed E-state index contributed by atoms with van der Waals surface area (Å²) in [6.45, 7) is 7.79. The van der Waals surface area contributed by atoms with Crippen molar-refractivity contribution < 1.29 is 9.90 Å². The standard InChI is InChI=1S/C15H24N2O2/c1-5-9-15(3,4)17-14(19)16-13-8-6-7-12(10-13)11(2)18/h6-8,10-11,18H,5,9H2,1-4H3,(H2,16,17,19). The highest BCUT2D eigenvalue weighted by molar-refractivity contribution is 5.89. The second-order valence-electron chi connectivity index (χ2n) is 5.51. The number of hydrogen-bond donors (Lipinski definition) is 3. The van der Waals surface area contributed by atoms with E-state index in [4.69, 9.17) is 0 Å². The predicted molar refractivity (Wildman–Crippen MR) is 78.2 cm³/mol. The minimum absolute atomic E-state index is 0.221. The van der Waals surface area contributed by atoms with E-state index in [1.807, 2.05) is 26.0 Å². The second-order valence-corrected chi connectivity index (χ2v) is 5.51. The van der Waals surface area contributed by atoms with Crippen molar-refractivity contribution in [3.8, 4) is 0 Å². The molecule has 0 bridgehead atoms. The topological polar surface area (TPSA) is 61.4 Å². The van der Waals surface area contributed by atoms with E-state index in [1.54, 1.807) is 19.1 Å². The van der Waals surface area contributed by atoms with Crippen molar-refractivity contribution in [3.63, 3.8) is 0 Å². The second kappa shape index (κ2) is 6.57. The van der Waals surface area contributed by atoms with E-state index in [1.165, 1.54) is 0 Å². The lowest BCUT2D eigenvalue weighted by molar-refractivity contribution is 0.199. The molecule has 0 heterocycles. The van der Waals surface area contributed by atoms with Crippen LogP contribution in [0.4, 0.5) is 10.5 Å². The zero-order valence-electron chi connectivity index (χ0n) is 12.2. The maximum absolute atomic E-state index is 11.9. The van der Waals surface area contributed by atoms with E-state index in [-0.39, 0.29) is 11.6 Å². The summed E-state index contributed by atoms with van der Waals surface area (Å²) in [5.74, 6) is 0. The molecule has 2 amide bonds. The van der Waals surface area contributed by atoms with Gasteiger partial charge in [-0.15, -0.1) is 0 Å². The number of rotatable bonds is 5. The number of urea groups is 1. The number of carbonyl (C=O) groups excluding carboxylic acids is 1. The van der Waals surface area contributed by atoms with Crippen molar-refractivity contribution in [2.24, 2.45) is 0 Å². The molecule has 1 unspecified atom stereocenters. The number of carbonyl (C=O) groups is 1. The lowest BCUT2D eigenvalue weighted by atomic mass is 9.99. The highest BCUT2D eigenvalue weighted by Crippen LogP contribution is 2.17. The number of aliphatic hydroxyl groups excluding tert-OH is 1. The molecular formula is C15H24N2O2. The zero-order valence-corrected chi connectivity index (χ0v) is 12.2. The summed E-state index contributed by atoms with van der Waals surface area (Å²) >= 11 is 0. The lowest BCUT2D eigenvalue weighted by Gasteiger charge is -2.25. The van der Waals surface area contributed by atoms with Gasteiger partial charge in [0.05, 0.1) is 6.10 Å². The Bertz CT molecular complexity index is 428. The Morgan fingerprint density at radius 3 is 2.68 bits per heavy atom. The summed E-state index contributed by atoms with van der Waals surface area (Å²) in [5, 5.41) is 15.2. The Hall–Kier alpha value is -1.55. The van der Waals surface area contributed by atoms with E-state index in [0.717, 1.165) is 18.4 Å². The van der Waals surface area contributed by atoms with Gasteiger partial charge in [-0.3, -0.25) is 0 Å². The molecule has 0 aromatic heterocycles. The third kappa shape index (κ3) is 5.30. The molecule has 106 valence electrons. The monoisotopic (exact) mass is 264 g/mol. The third-order valence-electron chi connectivity index (χ3n) is 2.95. The highest BCUT2D eigenvalue weighted by Gasteiger charge is 2.19. The van der Waals surface area contributed by atoms with Crippen LogP contribution in [0.25, 0.3) is 0 Å². The van der Waals surface area contributed by atoms with Gasteiger partial charge in [-0.05, 0) is 44.9 Å². The van der Waals surface area contributed by atoms with Crippen molar-refractivity contribution in [1.29, 1.82) is 0 Å². The van der Waals surface area contributed by atoms with Crippen molar-refractivity contribution in [1.82, 2.24) is 5.32 Å². The Morgan fingerprint density at radius 1 is 1.42 bits per heavy atom. The molecule has 1 rings (SSSR count). The van der Waals surface area contributed by atoms with Crippen LogP contribution in [0.2, 0.25) is 0 Å². The van der Waals surface area contributed by atoms with Gasteiger partial charge in [0.15, 0.2) is 0 Å². The van der Waals surface area contributed by atoms with Gasteiger partial charge in [0.1, 0.15) is 0 Å². The van der Waals surface area contributed by atoms with Crippen LogP contribution >= 0.6 is 0 Å². The molecule has 0 saturated heterocycles. The smallest absolute Gasteiger partial charge is 0.319 e. The summed E-state index contributed by atoms with van der Waals surface area (Å²) in [4.78, 5) is 11.9. The Morgan fingerprint density at radius 2 is 2.11 bits per heavy atom. The van der Waals surface area contributed by atoms with Crippen molar-refractivity contribution in [3.05, 3.63) is 29.8 Å². The van der Waals surface area contributed by atoms with Crippen LogP contribution in [0.3, 0.4) is 0 Å². The van der Waals surface area contributed by atoms with Gasteiger partial charge in [-0.25, -0.2) is 4.79 Å². The summed E-state index contributed by atoms with van der Waals surface area (Å²) in [6.07, 6.45) is 1.40. The molecule has 1 atom stereocenters. The number of nitrogens with one attached hydrogen (secondary N) is 2. The van der Waals surface area contributed by atoms with Crippen LogP contribution in [0.5, 0.6) is 0 Å². The molecule has 4 nitrogen and oxygen atoms in total. The maximum Gasteiger partial charge on any atom is 0.319 e. The summed E-state index contributed by atoms with van der Waals surface area (Å²) in [5.41, 5.74) is 1.24. The predicted octanol–water partition coefficient (Wildman–Crippen LogP) is 3.44. The number of amides is 2. The van der Waals surface area contributed by atoms with Crippen LogP contribution in [-0.2, 0) is 0 Å². The Kier molecular flexibility index (Phi) is 5.36. The molecule has 3 N–H and O–H groups in total. The first kappa shape index (κ1) is 15.5. The largest absolute Gasteiger partial charge is 0.389 e. The van der Waals surface area contributed by atoms with Gasteiger partial charge in [-0.1, -0.05) is 25.5 Å². The minimum atomic E-state index is -0.540. The molecule has 0 spiro atoms. The van der Waals surface area contributed by atoms with Gasteiger partial charge in [0.2, 0.25) is 0 Å². The van der Waals surface area contributed by atoms with E-state index < -0.39 is 6.10 Å². The van der Waals surface area contributed by atoms with Crippen LogP contribution < -0.4 is 10.6 Å². The van der Waals surface area contributed by atoms with E-state index >= 15 is 0 Å². The molecule has 1 aromatic rings. The van der Waals surface area contributed by atoms with Gasteiger partial charge in [-0.2, -0.15) is 0 Å². The Labute approximate surface area is 115 Å². The molecule has 0 aliphatic rings. The molecule has 0 fully saturated rings. The average Bonchev–Trinajstić information content (AvgIpc) is 2.27. The van der Waals surface area contributed by atoms with E-state index in [0.29, 0.717) is 5.69 Å². The van der Waals surface area contributed by atoms with Gasteiger partial charge in [0, 0.05) is 11.2 Å². The Balaban J connectivity index is 2.64. The van der Waals surface area contributed by atoms with Crippen LogP contribution in [0.15, 0.2) is 24.3 Å². The summed E-state index contributed by atoms with van der Waals surface area (Å²) in [7, 11) is 0. The van der Waals surface area contributed by atoms with Crippen LogP contribution in [0, 0.1) is 0 Å². The van der Waals surface area contributed by atoms with Gasteiger partial charge < -0.3 is 15.7 Å². The van der Waals surface area contributed by atoms with E-state index in [2.05, 4.69) is 17.6 Å². The normalized spacial score (nSPS) is 12.9. The van der Waals surface area contributed by atoms with Crippen molar-refractivity contribution in [2.75, 3.05) is 5.32 Å². The fourth-order valence-electron chi connectivity index (χ4n) is 2.03. The number of benzene rings is 1. The average molecular weight is 264 g/mol. The maximum atomic E-state index is 11.9. The summed E-state index contributed by atoms with van der Waals surface area (Å²) in [6, 6.07) is 7.00. The first-order valence-corrected chi connectivity index (χ1v) is 6.71. The quantitative estimate of drug-likeness (QED) is 0.763. The van der Waals surface area contributed by atoms with Crippen LogP contribution in [0.1, 0.15) is 52.2 Å². The fraction of sp³-hybridized carbons (Fsp3) is 0.533. The van der Waals surface area contributed by atoms with Crippen molar-refractivity contribution >= 4 is 11.7 Å². The SMILES string of the molecule is CCCC(C)(C)NC(=O)Nc1cccc(C(C)O)c1. The summed E-state index contributed by atoms with van der Waals surface area (Å²) < 4.78 is 0. The van der Waals surface area contributed by atoms with Crippen LogP contribution in [-0.4, -0.2) is 16.7 Å². The molecule has 0 aliphatic heterocycles. The number of hydrogen-bond acceptors (Lipinski definition) is 2. The number of aliphatic hydroxyl groups is 1.